The zero-order valence-electron chi connectivity index (χ0n) is 10.6. The third-order valence-electron chi connectivity index (χ3n) is 2.81. The average Bonchev–Trinajstić information content (AvgIpc) is 2.33. The number of hydrogen-bond acceptors (Lipinski definition) is 3. The Morgan fingerprint density at radius 2 is 2.25 bits per heavy atom. The lowest BCUT2D eigenvalue weighted by molar-refractivity contribution is -0.136. The highest BCUT2D eigenvalue weighted by Crippen LogP contribution is 2.35. The predicted octanol–water partition coefficient (Wildman–Crippen LogP) is 1.61. The SMILES string of the molecule is [2H]C1([2H])CCC(O)C(=O)C1(N)c1ccccc1Cl. The minimum absolute atomic E-state index is 0.0155. The van der Waals surface area contributed by atoms with Gasteiger partial charge >= 0.3 is 0 Å². The molecule has 0 saturated heterocycles. The molecule has 0 radical (unpaired) electrons. The maximum Gasteiger partial charge on any atom is 0.185 e. The Bertz CT molecular complexity index is 495. The van der Waals surface area contributed by atoms with Gasteiger partial charge in [0, 0.05) is 7.76 Å². The van der Waals surface area contributed by atoms with Crippen molar-refractivity contribution >= 4 is 17.4 Å². The molecule has 1 aromatic rings. The first-order valence-electron chi connectivity index (χ1n) is 6.07. The van der Waals surface area contributed by atoms with Gasteiger partial charge in [0.1, 0.15) is 11.6 Å². The molecule has 1 fully saturated rings. The molecule has 2 rings (SSSR count). The maximum absolute atomic E-state index is 12.1. The Labute approximate surface area is 102 Å². The lowest BCUT2D eigenvalue weighted by Crippen LogP contribution is -2.52. The van der Waals surface area contributed by atoms with Crippen molar-refractivity contribution in [1.29, 1.82) is 0 Å². The summed E-state index contributed by atoms with van der Waals surface area (Å²) in [5.74, 6) is -0.716. The highest BCUT2D eigenvalue weighted by atomic mass is 35.5. The van der Waals surface area contributed by atoms with E-state index in [1.54, 1.807) is 18.2 Å². The van der Waals surface area contributed by atoms with Gasteiger partial charge in [-0.05, 0) is 30.8 Å². The lowest BCUT2D eigenvalue weighted by atomic mass is 9.75. The third-order valence-corrected chi connectivity index (χ3v) is 3.14. The van der Waals surface area contributed by atoms with Gasteiger partial charge in [-0.3, -0.25) is 4.79 Å². The van der Waals surface area contributed by atoms with E-state index in [4.69, 9.17) is 20.1 Å². The summed E-state index contributed by atoms with van der Waals surface area (Å²) in [6.45, 7) is 0. The molecule has 1 saturated carbocycles. The van der Waals surface area contributed by atoms with Crippen LogP contribution >= 0.6 is 11.6 Å². The fourth-order valence-corrected chi connectivity index (χ4v) is 2.18. The number of halogens is 1. The predicted molar refractivity (Wildman–Crippen MR) is 62.2 cm³/mol. The summed E-state index contributed by atoms with van der Waals surface area (Å²) in [6, 6.07) is 6.39. The molecule has 0 bridgehead atoms. The molecule has 1 aliphatic carbocycles. The van der Waals surface area contributed by atoms with Crippen molar-refractivity contribution in [3.8, 4) is 0 Å². The molecule has 2 atom stereocenters. The summed E-state index contributed by atoms with van der Waals surface area (Å²) in [6.07, 6.45) is -3.08. The first kappa shape index (κ1) is 9.16. The maximum atomic E-state index is 12.1. The first-order chi connectivity index (χ1) is 8.30. The van der Waals surface area contributed by atoms with E-state index in [2.05, 4.69) is 0 Å². The standard InChI is InChI=1S/C12H14ClNO2/c13-9-5-2-1-4-8(9)12(14)7-3-6-10(15)11(12)16/h1-2,4-5,10,15H,3,6-7,14H2/i7D2. The zero-order chi connectivity index (χ0) is 13.6. The van der Waals surface area contributed by atoms with Gasteiger partial charge in [0.2, 0.25) is 0 Å². The monoisotopic (exact) mass is 241 g/mol. The second-order valence-corrected chi connectivity index (χ2v) is 4.29. The number of aliphatic hydroxyl groups is 1. The Kier molecular flexibility index (Phi) is 2.39. The van der Waals surface area contributed by atoms with E-state index in [9.17, 15) is 9.90 Å². The number of nitrogens with two attached hydrogens (primary N) is 1. The summed E-state index contributed by atoms with van der Waals surface area (Å²) >= 11 is 6.01. The van der Waals surface area contributed by atoms with Crippen LogP contribution in [0.3, 0.4) is 0 Å². The normalized spacial score (nSPS) is 35.4. The van der Waals surface area contributed by atoms with E-state index in [0.29, 0.717) is 0 Å². The first-order valence-corrected chi connectivity index (χ1v) is 5.45. The molecule has 4 heteroatoms. The molecule has 86 valence electrons. The number of ketones is 1. The molecule has 0 aliphatic heterocycles. The van der Waals surface area contributed by atoms with E-state index in [1.807, 2.05) is 0 Å². The molecule has 0 spiro atoms. The van der Waals surface area contributed by atoms with Crippen molar-refractivity contribution in [3.63, 3.8) is 0 Å². The smallest absolute Gasteiger partial charge is 0.185 e. The van der Waals surface area contributed by atoms with Crippen LogP contribution in [0.4, 0.5) is 0 Å². The number of aliphatic hydroxyl groups excluding tert-OH is 1. The molecule has 16 heavy (non-hydrogen) atoms. The molecule has 0 heterocycles. The second-order valence-electron chi connectivity index (χ2n) is 3.88. The van der Waals surface area contributed by atoms with Crippen LogP contribution in [-0.4, -0.2) is 17.0 Å². The molecule has 3 nitrogen and oxygen atoms in total. The molecule has 0 amide bonds. The van der Waals surface area contributed by atoms with Crippen LogP contribution in [0.25, 0.3) is 0 Å². The number of Topliss-reactive ketones (excluding diaryl/α,β-unsaturated/α-hetero) is 1. The van der Waals surface area contributed by atoms with Crippen LogP contribution in [0.2, 0.25) is 5.02 Å². The van der Waals surface area contributed by atoms with Crippen LogP contribution in [-0.2, 0) is 10.3 Å². The number of hydrogen-bond donors (Lipinski definition) is 2. The van der Waals surface area contributed by atoms with Crippen LogP contribution < -0.4 is 5.73 Å². The average molecular weight is 242 g/mol. The van der Waals surface area contributed by atoms with Crippen molar-refractivity contribution in [2.45, 2.75) is 30.9 Å². The topological polar surface area (TPSA) is 63.3 Å². The van der Waals surface area contributed by atoms with E-state index in [0.717, 1.165) is 0 Å². The Balaban J connectivity index is 2.62. The Morgan fingerprint density at radius 3 is 2.94 bits per heavy atom. The van der Waals surface area contributed by atoms with Gasteiger partial charge in [-0.15, -0.1) is 0 Å². The molecule has 1 aliphatic rings. The summed E-state index contributed by atoms with van der Waals surface area (Å²) in [5, 5.41) is 9.89. The van der Waals surface area contributed by atoms with Crippen LogP contribution in [0.1, 0.15) is 27.5 Å². The highest BCUT2D eigenvalue weighted by molar-refractivity contribution is 6.31. The molecular formula is C12H14ClNO2. The summed E-state index contributed by atoms with van der Waals surface area (Å²) in [7, 11) is 0. The largest absolute Gasteiger partial charge is 0.385 e. The van der Waals surface area contributed by atoms with Crippen LogP contribution in [0, 0.1) is 0 Å². The van der Waals surface area contributed by atoms with E-state index in [-0.39, 0.29) is 23.4 Å². The van der Waals surface area contributed by atoms with Crippen molar-refractivity contribution in [2.75, 3.05) is 0 Å². The summed E-state index contributed by atoms with van der Waals surface area (Å²) < 4.78 is 16.0. The summed E-state index contributed by atoms with van der Waals surface area (Å²) in [5.41, 5.74) is 4.35. The quantitative estimate of drug-likeness (QED) is 0.785. The van der Waals surface area contributed by atoms with Crippen molar-refractivity contribution in [2.24, 2.45) is 5.73 Å². The van der Waals surface area contributed by atoms with Crippen molar-refractivity contribution in [3.05, 3.63) is 34.9 Å². The zero-order valence-corrected chi connectivity index (χ0v) is 9.37. The highest BCUT2D eigenvalue weighted by Gasteiger charge is 2.43. The second kappa shape index (κ2) is 4.17. The molecular weight excluding hydrogens is 226 g/mol. The molecule has 0 aromatic heterocycles. The Hall–Kier alpha value is -0.900. The van der Waals surface area contributed by atoms with E-state index >= 15 is 0 Å². The fraction of sp³-hybridized carbons (Fsp3) is 0.417. The number of benzene rings is 1. The van der Waals surface area contributed by atoms with Gasteiger partial charge in [-0.25, -0.2) is 0 Å². The van der Waals surface area contributed by atoms with Gasteiger partial charge in [0.25, 0.3) is 0 Å². The molecule has 3 N–H and O–H groups in total. The van der Waals surface area contributed by atoms with E-state index < -0.39 is 23.8 Å². The molecule has 1 aromatic carbocycles. The number of rotatable bonds is 1. The minimum Gasteiger partial charge on any atom is -0.385 e. The van der Waals surface area contributed by atoms with Gasteiger partial charge in [-0.1, -0.05) is 29.8 Å². The van der Waals surface area contributed by atoms with Gasteiger partial charge in [0.05, 0.1) is 0 Å². The van der Waals surface area contributed by atoms with Crippen LogP contribution in [0.5, 0.6) is 0 Å². The van der Waals surface area contributed by atoms with Gasteiger partial charge in [0.15, 0.2) is 5.78 Å². The van der Waals surface area contributed by atoms with Gasteiger partial charge in [-0.2, -0.15) is 0 Å². The van der Waals surface area contributed by atoms with Gasteiger partial charge < -0.3 is 10.8 Å². The lowest BCUT2D eigenvalue weighted by Gasteiger charge is -2.35. The minimum atomic E-state index is -1.94. The Morgan fingerprint density at radius 1 is 1.56 bits per heavy atom. The number of carbonyl (C=O) groups excluding carboxylic acids is 1. The van der Waals surface area contributed by atoms with Crippen molar-refractivity contribution < 1.29 is 12.6 Å². The summed E-state index contributed by atoms with van der Waals surface area (Å²) in [4.78, 5) is 12.1. The molecule has 2 unspecified atom stereocenters. The van der Waals surface area contributed by atoms with Crippen molar-refractivity contribution in [1.82, 2.24) is 0 Å². The van der Waals surface area contributed by atoms with E-state index in [1.165, 1.54) is 6.07 Å². The fourth-order valence-electron chi connectivity index (χ4n) is 1.90. The van der Waals surface area contributed by atoms with Crippen LogP contribution in [0.15, 0.2) is 24.3 Å². The third kappa shape index (κ3) is 1.75. The number of carbonyl (C=O) groups is 1.